The molecule has 0 atom stereocenters. The molecule has 3 aromatic heterocycles. The van der Waals surface area contributed by atoms with E-state index in [1.807, 2.05) is 27.7 Å². The van der Waals surface area contributed by atoms with Crippen molar-refractivity contribution in [2.75, 3.05) is 0 Å². The third-order valence-electron chi connectivity index (χ3n) is 4.94. The van der Waals surface area contributed by atoms with Crippen LogP contribution in [0.4, 0.5) is 8.78 Å². The van der Waals surface area contributed by atoms with Gasteiger partial charge in [-0.15, -0.1) is 10.2 Å². The van der Waals surface area contributed by atoms with Crippen LogP contribution in [-0.4, -0.2) is 34.6 Å². The molecule has 4 rings (SSSR count). The van der Waals surface area contributed by atoms with Crippen molar-refractivity contribution < 1.29 is 13.5 Å². The van der Waals surface area contributed by atoms with Gasteiger partial charge in [-0.2, -0.15) is 10.2 Å². The molecule has 162 valence electrons. The molecule has 0 saturated carbocycles. The van der Waals surface area contributed by atoms with Gasteiger partial charge in [0.1, 0.15) is 24.6 Å². The second-order valence-electron chi connectivity index (χ2n) is 8.20. The fourth-order valence-electron chi connectivity index (χ4n) is 3.51. The summed E-state index contributed by atoms with van der Waals surface area (Å²) < 4.78 is 37.6. The summed E-state index contributed by atoms with van der Waals surface area (Å²) >= 11 is 0. The van der Waals surface area contributed by atoms with Crippen molar-refractivity contribution >= 4 is 5.52 Å². The van der Waals surface area contributed by atoms with Crippen molar-refractivity contribution in [3.05, 3.63) is 53.2 Å². The number of aryl methyl sites for hydroxylation is 2. The highest BCUT2D eigenvalue weighted by Gasteiger charge is 2.30. The minimum atomic E-state index is -0.618. The Morgan fingerprint density at radius 3 is 2.61 bits per heavy atom. The van der Waals surface area contributed by atoms with Crippen LogP contribution in [0.15, 0.2) is 24.5 Å². The zero-order chi connectivity index (χ0) is 22.3. The van der Waals surface area contributed by atoms with Gasteiger partial charge < -0.3 is 4.74 Å². The molecule has 0 aliphatic rings. The van der Waals surface area contributed by atoms with Gasteiger partial charge >= 0.3 is 0 Å². The molecule has 1 aromatic carbocycles. The lowest BCUT2D eigenvalue weighted by molar-refractivity contribution is 0.268. The molecule has 0 bridgehead atoms. The molecule has 0 fully saturated rings. The SMILES string of the molecule is CCn1ncnc1COc1nn2c(-c3cc(F)ccc3F)nnc(C)c2c1C(C)(C)C. The Bertz CT molecular complexity index is 1260. The maximum absolute atomic E-state index is 14.5. The van der Waals surface area contributed by atoms with Crippen LogP contribution in [0, 0.1) is 18.6 Å². The Morgan fingerprint density at radius 2 is 1.90 bits per heavy atom. The number of benzene rings is 1. The molecule has 31 heavy (non-hydrogen) atoms. The van der Waals surface area contributed by atoms with E-state index < -0.39 is 11.6 Å². The average molecular weight is 427 g/mol. The Morgan fingerprint density at radius 1 is 1.13 bits per heavy atom. The average Bonchev–Trinajstić information content (AvgIpc) is 3.33. The number of nitrogens with zero attached hydrogens (tertiary/aromatic N) is 7. The first kappa shape index (κ1) is 20.8. The van der Waals surface area contributed by atoms with E-state index >= 15 is 0 Å². The summed E-state index contributed by atoms with van der Waals surface area (Å²) in [6.07, 6.45) is 1.47. The van der Waals surface area contributed by atoms with Crippen LogP contribution in [0.25, 0.3) is 16.9 Å². The van der Waals surface area contributed by atoms with Gasteiger partial charge in [0.05, 0.1) is 16.8 Å². The third kappa shape index (κ3) is 3.73. The Labute approximate surface area is 177 Å². The predicted molar refractivity (Wildman–Crippen MR) is 110 cm³/mol. The normalized spacial score (nSPS) is 12.0. The van der Waals surface area contributed by atoms with Crippen molar-refractivity contribution in [1.82, 2.24) is 34.6 Å². The largest absolute Gasteiger partial charge is 0.468 e. The van der Waals surface area contributed by atoms with Gasteiger partial charge in [0.25, 0.3) is 0 Å². The van der Waals surface area contributed by atoms with Gasteiger partial charge in [-0.25, -0.2) is 23.0 Å². The lowest BCUT2D eigenvalue weighted by Crippen LogP contribution is -2.14. The third-order valence-corrected chi connectivity index (χ3v) is 4.94. The first-order chi connectivity index (χ1) is 14.7. The fourth-order valence-corrected chi connectivity index (χ4v) is 3.51. The van der Waals surface area contributed by atoms with Crippen LogP contribution < -0.4 is 4.74 Å². The van der Waals surface area contributed by atoms with Gasteiger partial charge in [0, 0.05) is 12.1 Å². The molecule has 0 spiro atoms. The first-order valence-corrected chi connectivity index (χ1v) is 9.92. The fraction of sp³-hybridized carbons (Fsp3) is 0.381. The van der Waals surface area contributed by atoms with E-state index in [0.717, 1.165) is 23.8 Å². The molecule has 10 heteroatoms. The summed E-state index contributed by atoms with van der Waals surface area (Å²) in [6.45, 7) is 10.6. The molecule has 0 aliphatic heterocycles. The van der Waals surface area contributed by atoms with E-state index in [0.29, 0.717) is 29.5 Å². The second-order valence-corrected chi connectivity index (χ2v) is 8.20. The minimum Gasteiger partial charge on any atom is -0.468 e. The summed E-state index contributed by atoms with van der Waals surface area (Å²) in [6, 6.07) is 3.19. The van der Waals surface area contributed by atoms with Gasteiger partial charge in [-0.05, 0) is 37.5 Å². The number of aromatic nitrogens is 7. The molecule has 0 N–H and O–H groups in total. The van der Waals surface area contributed by atoms with Crippen LogP contribution in [0.3, 0.4) is 0 Å². The predicted octanol–water partition coefficient (Wildman–Crippen LogP) is 3.87. The lowest BCUT2D eigenvalue weighted by Gasteiger charge is -2.19. The molecule has 3 heterocycles. The van der Waals surface area contributed by atoms with Crippen LogP contribution >= 0.6 is 0 Å². The van der Waals surface area contributed by atoms with Crippen molar-refractivity contribution in [1.29, 1.82) is 0 Å². The number of hydrogen-bond acceptors (Lipinski definition) is 6. The Hall–Kier alpha value is -3.43. The van der Waals surface area contributed by atoms with Crippen LogP contribution in [0.2, 0.25) is 0 Å². The molecular weight excluding hydrogens is 404 g/mol. The standard InChI is InChI=1S/C21H23F2N7O/c1-6-29-16(24-11-25-29)10-31-20-17(21(3,4)5)18-12(2)26-27-19(30(18)28-20)14-9-13(22)7-8-15(14)23/h7-9,11H,6,10H2,1-5H3. The van der Waals surface area contributed by atoms with Gasteiger partial charge in [-0.3, -0.25) is 0 Å². The van der Waals surface area contributed by atoms with Crippen molar-refractivity contribution in [3.63, 3.8) is 0 Å². The van der Waals surface area contributed by atoms with Gasteiger partial charge in [0.15, 0.2) is 11.6 Å². The zero-order valence-corrected chi connectivity index (χ0v) is 18.0. The van der Waals surface area contributed by atoms with E-state index in [1.165, 1.54) is 10.8 Å². The number of hydrogen-bond donors (Lipinski definition) is 0. The Kier molecular flexibility index (Phi) is 5.16. The van der Waals surface area contributed by atoms with Crippen molar-refractivity contribution in [2.45, 2.75) is 53.2 Å². The van der Waals surface area contributed by atoms with E-state index in [1.54, 1.807) is 11.6 Å². The highest BCUT2D eigenvalue weighted by Crippen LogP contribution is 2.37. The van der Waals surface area contributed by atoms with E-state index in [9.17, 15) is 8.78 Å². The quantitative estimate of drug-likeness (QED) is 0.481. The van der Waals surface area contributed by atoms with E-state index in [4.69, 9.17) is 4.74 Å². The van der Waals surface area contributed by atoms with Crippen LogP contribution in [0.1, 0.15) is 44.8 Å². The summed E-state index contributed by atoms with van der Waals surface area (Å²) in [5.41, 5.74) is 1.64. The van der Waals surface area contributed by atoms with Crippen molar-refractivity contribution in [3.8, 4) is 17.3 Å². The maximum Gasteiger partial charge on any atom is 0.238 e. The molecule has 0 unspecified atom stereocenters. The molecule has 0 radical (unpaired) electrons. The molecule has 4 aromatic rings. The first-order valence-electron chi connectivity index (χ1n) is 9.92. The van der Waals surface area contributed by atoms with Crippen molar-refractivity contribution in [2.24, 2.45) is 0 Å². The lowest BCUT2D eigenvalue weighted by atomic mass is 9.87. The molecule has 8 nitrogen and oxygen atoms in total. The topological polar surface area (TPSA) is 83.0 Å². The number of rotatable bonds is 5. The molecule has 0 saturated heterocycles. The van der Waals surface area contributed by atoms with Crippen LogP contribution in [0.5, 0.6) is 5.88 Å². The zero-order valence-electron chi connectivity index (χ0n) is 18.0. The number of fused-ring (bicyclic) bond motifs is 1. The Balaban J connectivity index is 1.90. The maximum atomic E-state index is 14.5. The van der Waals surface area contributed by atoms with E-state index in [-0.39, 0.29) is 23.4 Å². The van der Waals surface area contributed by atoms with E-state index in [2.05, 4.69) is 25.4 Å². The summed E-state index contributed by atoms with van der Waals surface area (Å²) in [7, 11) is 0. The van der Waals surface area contributed by atoms with Crippen LogP contribution in [-0.2, 0) is 18.6 Å². The summed E-state index contributed by atoms with van der Waals surface area (Å²) in [4.78, 5) is 4.23. The van der Waals surface area contributed by atoms with Gasteiger partial charge in [0.2, 0.25) is 5.88 Å². The molecule has 0 amide bonds. The van der Waals surface area contributed by atoms with Gasteiger partial charge in [-0.1, -0.05) is 20.8 Å². The number of halogens is 2. The molecule has 0 aliphatic carbocycles. The highest BCUT2D eigenvalue weighted by molar-refractivity contribution is 5.69. The summed E-state index contributed by atoms with van der Waals surface area (Å²) in [5.74, 6) is -0.0924. The number of ether oxygens (including phenoxy) is 1. The second kappa shape index (κ2) is 7.68. The minimum absolute atomic E-state index is 0.0299. The smallest absolute Gasteiger partial charge is 0.238 e. The summed E-state index contributed by atoms with van der Waals surface area (Å²) in [5, 5.41) is 17.0. The monoisotopic (exact) mass is 427 g/mol. The highest BCUT2D eigenvalue weighted by atomic mass is 19.1. The molecular formula is C21H23F2N7O.